The number of carbonyl (C=O) groups is 2. The van der Waals surface area contributed by atoms with E-state index in [2.05, 4.69) is 20.4 Å². The van der Waals surface area contributed by atoms with E-state index < -0.39 is 17.1 Å². The van der Waals surface area contributed by atoms with Gasteiger partial charge < -0.3 is 10.2 Å². The molecular weight excluding hydrogens is 352 g/mol. The SMILES string of the molecule is C=C1C2CCC(C1O)C1C(=O)CC3C(C)C(CC)CCCC4(O)C(=O)C34C1C2. The maximum atomic E-state index is 13.5. The van der Waals surface area contributed by atoms with Gasteiger partial charge in [0.15, 0.2) is 5.78 Å². The van der Waals surface area contributed by atoms with E-state index in [0.717, 1.165) is 44.1 Å². The van der Waals surface area contributed by atoms with Crippen molar-refractivity contribution in [3.05, 3.63) is 12.2 Å². The van der Waals surface area contributed by atoms with Gasteiger partial charge in [0.2, 0.25) is 0 Å². The Balaban J connectivity index is 1.65. The zero-order chi connectivity index (χ0) is 20.0. The average Bonchev–Trinajstić information content (AvgIpc) is 3.24. The molecule has 6 aliphatic carbocycles. The summed E-state index contributed by atoms with van der Waals surface area (Å²) in [5.74, 6) is 0.589. The van der Waals surface area contributed by atoms with E-state index in [-0.39, 0.29) is 47.1 Å². The Morgan fingerprint density at radius 2 is 1.93 bits per heavy atom. The number of Topliss-reactive ketones (excluding diaryl/α,β-unsaturated/α-hetero) is 2. The molecule has 6 fully saturated rings. The lowest BCUT2D eigenvalue weighted by atomic mass is 9.53. The number of ketones is 2. The maximum Gasteiger partial charge on any atom is 0.175 e. The van der Waals surface area contributed by atoms with E-state index in [4.69, 9.17) is 0 Å². The lowest BCUT2D eigenvalue weighted by Gasteiger charge is -2.49. The first-order valence-corrected chi connectivity index (χ1v) is 11.5. The third kappa shape index (κ3) is 2.04. The topological polar surface area (TPSA) is 74.6 Å². The molecule has 2 bridgehead atoms. The molecule has 1 spiro atoms. The fraction of sp³-hybridized carbons (Fsp3) is 0.833. The van der Waals surface area contributed by atoms with Crippen LogP contribution in [-0.2, 0) is 9.59 Å². The minimum atomic E-state index is -1.25. The van der Waals surface area contributed by atoms with Gasteiger partial charge in [0.1, 0.15) is 11.4 Å². The molecule has 154 valence electrons. The summed E-state index contributed by atoms with van der Waals surface area (Å²) in [5, 5.41) is 22.4. The Kier molecular flexibility index (Phi) is 4.08. The van der Waals surface area contributed by atoms with Gasteiger partial charge in [0, 0.05) is 12.3 Å². The minimum absolute atomic E-state index is 0.0116. The molecule has 10 unspecified atom stereocenters. The summed E-state index contributed by atoms with van der Waals surface area (Å²) < 4.78 is 0. The molecule has 6 saturated carbocycles. The Morgan fingerprint density at radius 3 is 2.64 bits per heavy atom. The van der Waals surface area contributed by atoms with Crippen LogP contribution in [-0.4, -0.2) is 33.5 Å². The van der Waals surface area contributed by atoms with Gasteiger partial charge in [0.05, 0.1) is 11.5 Å². The van der Waals surface area contributed by atoms with Gasteiger partial charge in [-0.15, -0.1) is 0 Å². The molecule has 0 aromatic rings. The molecule has 0 aliphatic heterocycles. The van der Waals surface area contributed by atoms with Crippen LogP contribution in [0.4, 0.5) is 0 Å². The standard InChI is InChI=1S/C24H34O4/c1-4-14-6-5-9-23(28)22(27)24(23)17(12(14)2)11-19(25)20-16-8-7-15(10-18(20)24)13(3)21(16)26/h12,14-18,20-21,26,28H,3-11H2,1-2H3. The Morgan fingerprint density at radius 1 is 1.18 bits per heavy atom. The van der Waals surface area contributed by atoms with Crippen LogP contribution in [0.15, 0.2) is 12.2 Å². The monoisotopic (exact) mass is 386 g/mol. The molecule has 4 nitrogen and oxygen atoms in total. The Bertz CT molecular complexity index is 743. The average molecular weight is 387 g/mol. The molecule has 28 heavy (non-hydrogen) atoms. The van der Waals surface area contributed by atoms with Gasteiger partial charge in [0.25, 0.3) is 0 Å². The van der Waals surface area contributed by atoms with E-state index in [1.165, 1.54) is 0 Å². The smallest absolute Gasteiger partial charge is 0.175 e. The number of rotatable bonds is 1. The first kappa shape index (κ1) is 19.0. The van der Waals surface area contributed by atoms with E-state index >= 15 is 0 Å². The van der Waals surface area contributed by atoms with Crippen LogP contribution >= 0.6 is 0 Å². The lowest BCUT2D eigenvalue weighted by molar-refractivity contribution is -0.145. The minimum Gasteiger partial charge on any atom is -0.388 e. The molecule has 0 radical (unpaired) electrons. The summed E-state index contributed by atoms with van der Waals surface area (Å²) in [6.07, 6.45) is 5.78. The van der Waals surface area contributed by atoms with Crippen molar-refractivity contribution in [3.8, 4) is 0 Å². The highest BCUT2D eigenvalue weighted by Crippen LogP contribution is 2.74. The van der Waals surface area contributed by atoms with Gasteiger partial charge in [-0.05, 0) is 73.2 Å². The van der Waals surface area contributed by atoms with Crippen molar-refractivity contribution in [1.82, 2.24) is 0 Å². The van der Waals surface area contributed by atoms with Crippen molar-refractivity contribution in [2.45, 2.75) is 76.9 Å². The van der Waals surface area contributed by atoms with E-state index in [1.54, 1.807) is 0 Å². The van der Waals surface area contributed by atoms with Gasteiger partial charge in [-0.25, -0.2) is 0 Å². The van der Waals surface area contributed by atoms with E-state index in [9.17, 15) is 19.8 Å². The van der Waals surface area contributed by atoms with Gasteiger partial charge >= 0.3 is 0 Å². The van der Waals surface area contributed by atoms with Crippen molar-refractivity contribution in [2.24, 2.45) is 46.8 Å². The van der Waals surface area contributed by atoms with Crippen molar-refractivity contribution < 1.29 is 19.8 Å². The van der Waals surface area contributed by atoms with Crippen molar-refractivity contribution in [2.75, 3.05) is 0 Å². The largest absolute Gasteiger partial charge is 0.388 e. The van der Waals surface area contributed by atoms with Crippen LogP contribution in [0.3, 0.4) is 0 Å². The molecule has 6 aliphatic rings. The van der Waals surface area contributed by atoms with E-state index in [1.807, 2.05) is 0 Å². The maximum absolute atomic E-state index is 13.5. The molecule has 0 amide bonds. The normalized spacial score (nSPS) is 55.5. The van der Waals surface area contributed by atoms with Crippen molar-refractivity contribution in [1.29, 1.82) is 0 Å². The Hall–Kier alpha value is -1.00. The van der Waals surface area contributed by atoms with Crippen LogP contribution in [0, 0.1) is 46.8 Å². The molecule has 4 heteroatoms. The molecule has 0 aromatic carbocycles. The van der Waals surface area contributed by atoms with E-state index in [0.29, 0.717) is 18.8 Å². The van der Waals surface area contributed by atoms with Crippen LogP contribution < -0.4 is 0 Å². The first-order chi connectivity index (χ1) is 13.3. The molecule has 0 heterocycles. The van der Waals surface area contributed by atoms with Crippen LogP contribution in [0.1, 0.15) is 65.2 Å². The second-order valence-electron chi connectivity index (χ2n) is 10.6. The zero-order valence-electron chi connectivity index (χ0n) is 17.2. The third-order valence-electron chi connectivity index (χ3n) is 9.94. The summed E-state index contributed by atoms with van der Waals surface area (Å²) >= 11 is 0. The molecule has 6 rings (SSSR count). The molecule has 10 atom stereocenters. The van der Waals surface area contributed by atoms with Crippen molar-refractivity contribution >= 4 is 11.6 Å². The molecular formula is C24H34O4. The second-order valence-corrected chi connectivity index (χ2v) is 10.6. The van der Waals surface area contributed by atoms with Crippen LogP contribution in [0.25, 0.3) is 0 Å². The van der Waals surface area contributed by atoms with Gasteiger partial charge in [-0.1, -0.05) is 33.3 Å². The lowest BCUT2D eigenvalue weighted by Crippen LogP contribution is -2.52. The first-order valence-electron chi connectivity index (χ1n) is 11.5. The van der Waals surface area contributed by atoms with Gasteiger partial charge in [-0.2, -0.15) is 0 Å². The van der Waals surface area contributed by atoms with Crippen molar-refractivity contribution in [3.63, 3.8) is 0 Å². The summed E-state index contributed by atoms with van der Waals surface area (Å²) in [4.78, 5) is 26.9. The number of fused-ring (bicyclic) bond motifs is 2. The summed E-state index contributed by atoms with van der Waals surface area (Å²) in [6, 6.07) is 0. The summed E-state index contributed by atoms with van der Waals surface area (Å²) in [6.45, 7) is 8.58. The number of hydrogen-bond donors (Lipinski definition) is 2. The highest BCUT2D eigenvalue weighted by molar-refractivity contribution is 6.13. The summed E-state index contributed by atoms with van der Waals surface area (Å²) in [5.41, 5.74) is -1.15. The molecule has 0 saturated heterocycles. The predicted molar refractivity (Wildman–Crippen MR) is 105 cm³/mol. The van der Waals surface area contributed by atoms with Crippen LogP contribution in [0.2, 0.25) is 0 Å². The number of aliphatic hydroxyl groups excluding tert-OH is 1. The fourth-order valence-electron chi connectivity index (χ4n) is 8.48. The number of aliphatic hydroxyl groups is 2. The molecule has 0 aromatic heterocycles. The Labute approximate surface area is 167 Å². The van der Waals surface area contributed by atoms with Crippen LogP contribution in [0.5, 0.6) is 0 Å². The predicted octanol–water partition coefficient (Wildman–Crippen LogP) is 3.30. The number of carbonyl (C=O) groups excluding carboxylic acids is 2. The molecule has 2 N–H and O–H groups in total. The fourth-order valence-corrected chi connectivity index (χ4v) is 8.48. The quantitative estimate of drug-likeness (QED) is 0.678. The third-order valence-corrected chi connectivity index (χ3v) is 9.94. The number of hydrogen-bond acceptors (Lipinski definition) is 4. The zero-order valence-corrected chi connectivity index (χ0v) is 17.2. The summed E-state index contributed by atoms with van der Waals surface area (Å²) in [7, 11) is 0. The highest BCUT2D eigenvalue weighted by Gasteiger charge is 2.85. The highest BCUT2D eigenvalue weighted by atomic mass is 16.3. The van der Waals surface area contributed by atoms with Gasteiger partial charge in [-0.3, -0.25) is 9.59 Å². The second kappa shape index (κ2) is 6.01.